The molecule has 4 heterocycles. The van der Waals surface area contributed by atoms with E-state index in [1.807, 2.05) is 6.92 Å². The Hall–Kier alpha value is -3.62. The van der Waals surface area contributed by atoms with Gasteiger partial charge in [-0.05, 0) is 38.1 Å². The van der Waals surface area contributed by atoms with E-state index in [1.54, 1.807) is 19.1 Å². The number of amides is 1. The molecule has 1 amide bonds. The number of H-pyrrole nitrogens is 2. The van der Waals surface area contributed by atoms with E-state index in [4.69, 9.17) is 0 Å². The monoisotopic (exact) mass is 368 g/mol. The van der Waals surface area contributed by atoms with Crippen LogP contribution in [0.25, 0.3) is 22.3 Å². The van der Waals surface area contributed by atoms with E-state index < -0.39 is 11.9 Å². The predicted molar refractivity (Wildman–Crippen MR) is 95.3 cm³/mol. The van der Waals surface area contributed by atoms with Gasteiger partial charge in [0.1, 0.15) is 5.65 Å². The SMILES string of the molecule is Cc1[nH]nc(C(=O)Nc2cnc3[nH]c(-c4ccc(F)nc4F)cc3c2)c1C. The molecule has 0 unspecified atom stereocenters. The highest BCUT2D eigenvalue weighted by atomic mass is 19.1. The molecule has 4 rings (SSSR count). The van der Waals surface area contributed by atoms with E-state index in [-0.39, 0.29) is 11.5 Å². The molecule has 0 bridgehead atoms. The van der Waals surface area contributed by atoms with Gasteiger partial charge < -0.3 is 10.3 Å². The van der Waals surface area contributed by atoms with Crippen molar-refractivity contribution in [3.05, 3.63) is 59.3 Å². The number of halogens is 2. The second-order valence-electron chi connectivity index (χ2n) is 6.09. The van der Waals surface area contributed by atoms with Gasteiger partial charge in [-0.1, -0.05) is 0 Å². The normalized spacial score (nSPS) is 11.1. The van der Waals surface area contributed by atoms with Crippen LogP contribution in [-0.2, 0) is 0 Å². The fraction of sp³-hybridized carbons (Fsp3) is 0.111. The molecule has 0 saturated heterocycles. The summed E-state index contributed by atoms with van der Waals surface area (Å²) in [5.41, 5.74) is 3.40. The second-order valence-corrected chi connectivity index (χ2v) is 6.09. The number of carbonyl (C=O) groups is 1. The van der Waals surface area contributed by atoms with E-state index in [0.29, 0.717) is 28.1 Å². The van der Waals surface area contributed by atoms with Crippen molar-refractivity contribution in [2.45, 2.75) is 13.8 Å². The fourth-order valence-electron chi connectivity index (χ4n) is 2.74. The number of anilines is 1. The van der Waals surface area contributed by atoms with Crippen molar-refractivity contribution in [2.24, 2.45) is 0 Å². The molecule has 0 spiro atoms. The summed E-state index contributed by atoms with van der Waals surface area (Å²) >= 11 is 0. The van der Waals surface area contributed by atoms with Crippen LogP contribution in [0.3, 0.4) is 0 Å². The number of fused-ring (bicyclic) bond motifs is 1. The van der Waals surface area contributed by atoms with Crippen molar-refractivity contribution in [3.63, 3.8) is 0 Å². The largest absolute Gasteiger partial charge is 0.339 e. The Labute approximate surface area is 151 Å². The molecule has 0 radical (unpaired) electrons. The average Bonchev–Trinajstić information content (AvgIpc) is 3.18. The van der Waals surface area contributed by atoms with Gasteiger partial charge in [-0.3, -0.25) is 9.89 Å². The summed E-state index contributed by atoms with van der Waals surface area (Å²) in [6.07, 6.45) is 1.48. The van der Waals surface area contributed by atoms with Crippen molar-refractivity contribution in [1.82, 2.24) is 25.1 Å². The molecule has 136 valence electrons. The summed E-state index contributed by atoms with van der Waals surface area (Å²) in [4.78, 5) is 22.7. The molecule has 7 nitrogen and oxygen atoms in total. The molecule has 0 atom stereocenters. The maximum Gasteiger partial charge on any atom is 0.276 e. The Morgan fingerprint density at radius 3 is 2.70 bits per heavy atom. The standard InChI is InChI=1S/C18H14F2N6O/c1-8-9(2)25-26-15(8)18(27)22-11-5-10-6-13(23-17(10)21-7-11)12-3-4-14(19)24-16(12)20/h3-7H,1-2H3,(H,21,23)(H,22,27)(H,25,26). The van der Waals surface area contributed by atoms with Gasteiger partial charge in [0, 0.05) is 16.6 Å². The van der Waals surface area contributed by atoms with Crippen LogP contribution in [0.5, 0.6) is 0 Å². The molecule has 9 heteroatoms. The Kier molecular flexibility index (Phi) is 3.91. The highest BCUT2D eigenvalue weighted by Gasteiger charge is 2.16. The zero-order chi connectivity index (χ0) is 19.1. The van der Waals surface area contributed by atoms with Gasteiger partial charge in [-0.2, -0.15) is 18.9 Å². The van der Waals surface area contributed by atoms with Crippen LogP contribution in [0.4, 0.5) is 14.5 Å². The van der Waals surface area contributed by atoms with Gasteiger partial charge in [0.05, 0.1) is 23.1 Å². The maximum atomic E-state index is 13.9. The summed E-state index contributed by atoms with van der Waals surface area (Å²) in [6, 6.07) is 5.73. The highest BCUT2D eigenvalue weighted by molar-refractivity contribution is 6.04. The predicted octanol–water partition coefficient (Wildman–Crippen LogP) is 3.50. The zero-order valence-corrected chi connectivity index (χ0v) is 14.4. The molecular weight excluding hydrogens is 354 g/mol. The van der Waals surface area contributed by atoms with Gasteiger partial charge in [0.2, 0.25) is 11.9 Å². The maximum absolute atomic E-state index is 13.9. The lowest BCUT2D eigenvalue weighted by Gasteiger charge is -2.03. The third-order valence-electron chi connectivity index (χ3n) is 4.30. The number of aromatic amines is 2. The first-order chi connectivity index (χ1) is 12.9. The third kappa shape index (κ3) is 3.03. The van der Waals surface area contributed by atoms with Crippen molar-refractivity contribution < 1.29 is 13.6 Å². The summed E-state index contributed by atoms with van der Waals surface area (Å²) in [5, 5.41) is 10.1. The number of aromatic nitrogens is 5. The van der Waals surface area contributed by atoms with Gasteiger partial charge in [0.25, 0.3) is 5.91 Å². The summed E-state index contributed by atoms with van der Waals surface area (Å²) in [5.74, 6) is -2.17. The number of aryl methyl sites for hydroxylation is 1. The molecule has 4 aromatic rings. The molecule has 0 aromatic carbocycles. The quantitative estimate of drug-likeness (QED) is 0.482. The molecule has 0 aliphatic rings. The second kappa shape index (κ2) is 6.27. The lowest BCUT2D eigenvalue weighted by Crippen LogP contribution is -2.13. The molecule has 0 aliphatic carbocycles. The number of hydrogen-bond acceptors (Lipinski definition) is 4. The van der Waals surface area contributed by atoms with Gasteiger partial charge in [0.15, 0.2) is 5.69 Å². The molecule has 0 fully saturated rings. The lowest BCUT2D eigenvalue weighted by atomic mass is 10.2. The van der Waals surface area contributed by atoms with Crippen molar-refractivity contribution in [3.8, 4) is 11.3 Å². The van der Waals surface area contributed by atoms with E-state index >= 15 is 0 Å². The van der Waals surface area contributed by atoms with Crippen molar-refractivity contribution in [2.75, 3.05) is 5.32 Å². The first-order valence-corrected chi connectivity index (χ1v) is 8.06. The number of nitrogens with zero attached hydrogens (tertiary/aromatic N) is 3. The Morgan fingerprint density at radius 2 is 2.00 bits per heavy atom. The van der Waals surface area contributed by atoms with Crippen LogP contribution < -0.4 is 5.32 Å². The molecular formula is C18H14F2N6O. The van der Waals surface area contributed by atoms with Gasteiger partial charge in [-0.25, -0.2) is 4.98 Å². The minimum Gasteiger partial charge on any atom is -0.339 e. The topological polar surface area (TPSA) is 99.4 Å². The van der Waals surface area contributed by atoms with E-state index in [2.05, 4.69) is 30.5 Å². The fourth-order valence-corrected chi connectivity index (χ4v) is 2.74. The number of nitrogens with one attached hydrogen (secondary N) is 3. The van der Waals surface area contributed by atoms with Crippen LogP contribution in [0, 0.1) is 25.7 Å². The minimum absolute atomic E-state index is 0.127. The summed E-state index contributed by atoms with van der Waals surface area (Å²) < 4.78 is 26.9. The van der Waals surface area contributed by atoms with Crippen LogP contribution in [-0.4, -0.2) is 31.1 Å². The molecule has 27 heavy (non-hydrogen) atoms. The zero-order valence-electron chi connectivity index (χ0n) is 14.4. The number of carbonyl (C=O) groups excluding carboxylic acids is 1. The van der Waals surface area contributed by atoms with E-state index in [9.17, 15) is 13.6 Å². The van der Waals surface area contributed by atoms with Crippen LogP contribution >= 0.6 is 0 Å². The third-order valence-corrected chi connectivity index (χ3v) is 4.30. The Bertz CT molecular complexity index is 1180. The minimum atomic E-state index is -0.917. The first-order valence-electron chi connectivity index (χ1n) is 8.06. The highest BCUT2D eigenvalue weighted by Crippen LogP contribution is 2.26. The van der Waals surface area contributed by atoms with E-state index in [0.717, 1.165) is 17.3 Å². The van der Waals surface area contributed by atoms with Crippen molar-refractivity contribution in [1.29, 1.82) is 0 Å². The van der Waals surface area contributed by atoms with Crippen LogP contribution in [0.1, 0.15) is 21.7 Å². The molecule has 0 saturated carbocycles. The smallest absolute Gasteiger partial charge is 0.276 e. The number of pyridine rings is 2. The van der Waals surface area contributed by atoms with Crippen LogP contribution in [0.2, 0.25) is 0 Å². The van der Waals surface area contributed by atoms with E-state index in [1.165, 1.54) is 12.3 Å². The van der Waals surface area contributed by atoms with Gasteiger partial charge in [-0.15, -0.1) is 0 Å². The average molecular weight is 368 g/mol. The Balaban J connectivity index is 1.65. The van der Waals surface area contributed by atoms with Crippen molar-refractivity contribution >= 4 is 22.6 Å². The first kappa shape index (κ1) is 16.8. The molecule has 0 aliphatic heterocycles. The Morgan fingerprint density at radius 1 is 1.19 bits per heavy atom. The summed E-state index contributed by atoms with van der Waals surface area (Å²) in [6.45, 7) is 3.64. The van der Waals surface area contributed by atoms with Crippen LogP contribution in [0.15, 0.2) is 30.5 Å². The molecule has 3 N–H and O–H groups in total. The van der Waals surface area contributed by atoms with Gasteiger partial charge >= 0.3 is 0 Å². The number of hydrogen-bond donors (Lipinski definition) is 3. The molecule has 4 aromatic heterocycles. The lowest BCUT2D eigenvalue weighted by molar-refractivity contribution is 0.102. The number of rotatable bonds is 3. The summed E-state index contributed by atoms with van der Waals surface area (Å²) in [7, 11) is 0.